The number of amides is 2. The van der Waals surface area contributed by atoms with E-state index in [1.54, 1.807) is 12.0 Å². The Balaban J connectivity index is 2.40. The zero-order valence-electron chi connectivity index (χ0n) is 13.6. The van der Waals surface area contributed by atoms with Crippen molar-refractivity contribution in [1.29, 1.82) is 0 Å². The third-order valence-electron chi connectivity index (χ3n) is 4.12. The number of alkyl halides is 3. The van der Waals surface area contributed by atoms with E-state index in [0.717, 1.165) is 6.92 Å². The Morgan fingerprint density at radius 1 is 1.18 bits per heavy atom. The highest BCUT2D eigenvalue weighted by Gasteiger charge is 2.41. The van der Waals surface area contributed by atoms with Crippen molar-refractivity contribution < 1.29 is 22.7 Å². The molecule has 22 heavy (non-hydrogen) atoms. The summed E-state index contributed by atoms with van der Waals surface area (Å²) >= 11 is 0. The molecule has 0 aromatic rings. The average Bonchev–Trinajstić information content (AvgIpc) is 2.45. The lowest BCUT2D eigenvalue weighted by Crippen LogP contribution is -2.56. The zero-order chi connectivity index (χ0) is 16.9. The third-order valence-corrected chi connectivity index (χ3v) is 4.12. The van der Waals surface area contributed by atoms with Crippen molar-refractivity contribution in [3.8, 4) is 0 Å². The molecule has 0 aromatic carbocycles. The summed E-state index contributed by atoms with van der Waals surface area (Å²) in [6, 6.07) is -1.72. The molecule has 1 rings (SSSR count). The highest BCUT2D eigenvalue weighted by molar-refractivity contribution is 5.74. The number of carbonyl (C=O) groups is 1. The van der Waals surface area contributed by atoms with Gasteiger partial charge in [-0.3, -0.25) is 4.90 Å². The summed E-state index contributed by atoms with van der Waals surface area (Å²) in [5.74, 6) is 0.273. The molecule has 2 atom stereocenters. The fourth-order valence-corrected chi connectivity index (χ4v) is 2.41. The van der Waals surface area contributed by atoms with Crippen molar-refractivity contribution in [1.82, 2.24) is 15.1 Å². The number of nitrogens with zero attached hydrogens (tertiary/aromatic N) is 2. The van der Waals surface area contributed by atoms with Crippen LogP contribution < -0.4 is 5.32 Å². The molecular formula is C14H26F3N3O2. The van der Waals surface area contributed by atoms with Crippen LogP contribution in [0.15, 0.2) is 0 Å². The van der Waals surface area contributed by atoms with E-state index in [0.29, 0.717) is 19.6 Å². The largest absolute Gasteiger partial charge is 0.403 e. The number of halogens is 3. The number of piperazine rings is 1. The van der Waals surface area contributed by atoms with E-state index in [1.165, 1.54) is 4.90 Å². The van der Waals surface area contributed by atoms with Gasteiger partial charge in [0.1, 0.15) is 6.04 Å². The van der Waals surface area contributed by atoms with Gasteiger partial charge in [0.2, 0.25) is 0 Å². The number of carbonyl (C=O) groups excluding carboxylic acids is 1. The molecule has 0 saturated carbocycles. The summed E-state index contributed by atoms with van der Waals surface area (Å²) in [6.45, 7) is 6.60. The normalized spacial score (nSPS) is 20.1. The lowest BCUT2D eigenvalue weighted by Gasteiger charge is -2.38. The molecule has 1 heterocycles. The van der Waals surface area contributed by atoms with E-state index in [-0.39, 0.29) is 31.1 Å². The molecule has 8 heteroatoms. The minimum Gasteiger partial charge on any atom is -0.379 e. The Morgan fingerprint density at radius 3 is 2.14 bits per heavy atom. The van der Waals surface area contributed by atoms with Gasteiger partial charge in [-0.1, -0.05) is 13.8 Å². The molecule has 2 unspecified atom stereocenters. The summed E-state index contributed by atoms with van der Waals surface area (Å²) in [5.41, 5.74) is 0. The first-order valence-electron chi connectivity index (χ1n) is 7.53. The van der Waals surface area contributed by atoms with E-state index < -0.39 is 12.2 Å². The van der Waals surface area contributed by atoms with E-state index in [4.69, 9.17) is 4.74 Å². The van der Waals surface area contributed by atoms with Crippen LogP contribution in [0.5, 0.6) is 0 Å². The predicted molar refractivity (Wildman–Crippen MR) is 77.7 cm³/mol. The molecule has 1 saturated heterocycles. The van der Waals surface area contributed by atoms with Gasteiger partial charge in [-0.15, -0.1) is 0 Å². The molecule has 1 fully saturated rings. The number of hydrogen-bond donors (Lipinski definition) is 1. The fourth-order valence-electron chi connectivity index (χ4n) is 2.41. The van der Waals surface area contributed by atoms with E-state index >= 15 is 0 Å². The first-order chi connectivity index (χ1) is 10.2. The average molecular weight is 325 g/mol. The molecule has 0 spiro atoms. The maximum Gasteiger partial charge on any atom is 0.403 e. The molecule has 2 amide bonds. The second kappa shape index (κ2) is 8.01. The van der Waals surface area contributed by atoms with Crippen molar-refractivity contribution in [2.24, 2.45) is 5.92 Å². The first kappa shape index (κ1) is 19.0. The molecule has 0 bridgehead atoms. The maximum absolute atomic E-state index is 12.7. The minimum absolute atomic E-state index is 0.0736. The Kier molecular flexibility index (Phi) is 6.93. The van der Waals surface area contributed by atoms with Crippen LogP contribution in [0, 0.1) is 5.92 Å². The van der Waals surface area contributed by atoms with Crippen LogP contribution in [0.1, 0.15) is 20.8 Å². The van der Waals surface area contributed by atoms with Crippen LogP contribution in [0.25, 0.3) is 0 Å². The molecule has 130 valence electrons. The van der Waals surface area contributed by atoms with E-state index in [9.17, 15) is 18.0 Å². The summed E-state index contributed by atoms with van der Waals surface area (Å²) in [7, 11) is 1.59. The molecule has 0 radical (unpaired) electrons. The van der Waals surface area contributed by atoms with Gasteiger partial charge in [0, 0.05) is 39.8 Å². The SMILES string of the molecule is COC(CNC(=O)N1CCN(C(C)C(F)(F)F)CC1)C(C)C. The zero-order valence-corrected chi connectivity index (χ0v) is 13.6. The van der Waals surface area contributed by atoms with Crippen molar-refractivity contribution in [3.05, 3.63) is 0 Å². The van der Waals surface area contributed by atoms with Crippen LogP contribution >= 0.6 is 0 Å². The van der Waals surface area contributed by atoms with Crippen molar-refractivity contribution in [2.45, 2.75) is 39.1 Å². The molecule has 1 N–H and O–H groups in total. The van der Waals surface area contributed by atoms with Crippen molar-refractivity contribution in [3.63, 3.8) is 0 Å². The molecule has 1 aliphatic rings. The smallest absolute Gasteiger partial charge is 0.379 e. The topological polar surface area (TPSA) is 44.8 Å². The second-order valence-electron chi connectivity index (χ2n) is 5.94. The van der Waals surface area contributed by atoms with Crippen molar-refractivity contribution >= 4 is 6.03 Å². The second-order valence-corrected chi connectivity index (χ2v) is 5.94. The fraction of sp³-hybridized carbons (Fsp3) is 0.929. The maximum atomic E-state index is 12.7. The van der Waals surface area contributed by atoms with Gasteiger partial charge >= 0.3 is 12.2 Å². The quantitative estimate of drug-likeness (QED) is 0.840. The summed E-state index contributed by atoms with van der Waals surface area (Å²) < 4.78 is 43.3. The Bertz CT molecular complexity index is 356. The predicted octanol–water partition coefficient (Wildman–Crippen LogP) is 1.94. The Labute approximate surface area is 129 Å². The van der Waals surface area contributed by atoms with Gasteiger partial charge < -0.3 is 15.0 Å². The summed E-state index contributed by atoms with van der Waals surface area (Å²) in [6.07, 6.45) is -4.30. The van der Waals surface area contributed by atoms with Gasteiger partial charge in [-0.25, -0.2) is 4.79 Å². The Morgan fingerprint density at radius 2 is 1.73 bits per heavy atom. The lowest BCUT2D eigenvalue weighted by atomic mass is 10.1. The Hall–Kier alpha value is -1.02. The van der Waals surface area contributed by atoms with Gasteiger partial charge in [0.05, 0.1) is 6.10 Å². The number of methoxy groups -OCH3 is 1. The van der Waals surface area contributed by atoms with Crippen LogP contribution in [0.4, 0.5) is 18.0 Å². The van der Waals surface area contributed by atoms with Crippen molar-refractivity contribution in [2.75, 3.05) is 39.8 Å². The molecule has 1 aliphatic heterocycles. The van der Waals surface area contributed by atoms with E-state index in [1.807, 2.05) is 13.8 Å². The van der Waals surface area contributed by atoms with Crippen LogP contribution in [0.2, 0.25) is 0 Å². The highest BCUT2D eigenvalue weighted by Crippen LogP contribution is 2.25. The number of nitrogens with one attached hydrogen (secondary N) is 1. The molecule has 0 aromatic heterocycles. The molecule has 5 nitrogen and oxygen atoms in total. The number of ether oxygens (including phenoxy) is 1. The third kappa shape index (κ3) is 5.31. The summed E-state index contributed by atoms with van der Waals surface area (Å²) in [5, 5.41) is 2.78. The van der Waals surface area contributed by atoms with Crippen LogP contribution in [0.3, 0.4) is 0 Å². The van der Waals surface area contributed by atoms with Gasteiger partial charge in [0.25, 0.3) is 0 Å². The van der Waals surface area contributed by atoms with Crippen LogP contribution in [-0.4, -0.2) is 74.0 Å². The molecule has 0 aliphatic carbocycles. The number of rotatable bonds is 5. The summed E-state index contributed by atoms with van der Waals surface area (Å²) in [4.78, 5) is 14.9. The van der Waals surface area contributed by atoms with Gasteiger partial charge in [-0.05, 0) is 12.8 Å². The number of urea groups is 1. The minimum atomic E-state index is -4.23. The first-order valence-corrected chi connectivity index (χ1v) is 7.53. The standard InChI is InChI=1S/C14H26F3N3O2/c1-10(2)12(22-4)9-18-13(21)20-7-5-19(6-8-20)11(3)14(15,16)17/h10-12H,5-9H2,1-4H3,(H,18,21). The van der Waals surface area contributed by atoms with Gasteiger partial charge in [-0.2, -0.15) is 13.2 Å². The van der Waals surface area contributed by atoms with Crippen LogP contribution in [-0.2, 0) is 4.74 Å². The lowest BCUT2D eigenvalue weighted by molar-refractivity contribution is -0.181. The van der Waals surface area contributed by atoms with Gasteiger partial charge in [0.15, 0.2) is 0 Å². The number of hydrogen-bond acceptors (Lipinski definition) is 3. The highest BCUT2D eigenvalue weighted by atomic mass is 19.4. The molecular weight excluding hydrogens is 299 g/mol. The monoisotopic (exact) mass is 325 g/mol. The van der Waals surface area contributed by atoms with E-state index in [2.05, 4.69) is 5.32 Å².